The SMILES string of the molecule is COc1ccc(NC2CN3CCC2CC3)nc1. The summed E-state index contributed by atoms with van der Waals surface area (Å²) in [6, 6.07) is 4.52. The van der Waals surface area contributed by atoms with Gasteiger partial charge in [-0.15, -0.1) is 0 Å². The van der Waals surface area contributed by atoms with E-state index in [0.717, 1.165) is 17.5 Å². The number of nitrogens with zero attached hydrogens (tertiary/aromatic N) is 2. The Labute approximate surface area is 102 Å². The third-order valence-corrected chi connectivity index (χ3v) is 3.96. The maximum absolute atomic E-state index is 5.11. The number of nitrogens with one attached hydrogen (secondary N) is 1. The van der Waals surface area contributed by atoms with Gasteiger partial charge in [0.2, 0.25) is 0 Å². The summed E-state index contributed by atoms with van der Waals surface area (Å²) < 4.78 is 5.11. The van der Waals surface area contributed by atoms with Crippen LogP contribution < -0.4 is 10.1 Å². The number of piperidine rings is 3. The minimum absolute atomic E-state index is 0.568. The first-order valence-electron chi connectivity index (χ1n) is 6.34. The molecule has 1 N–H and O–H groups in total. The Morgan fingerprint density at radius 3 is 2.71 bits per heavy atom. The van der Waals surface area contributed by atoms with Crippen LogP contribution >= 0.6 is 0 Å². The number of ether oxygens (including phenoxy) is 1. The lowest BCUT2D eigenvalue weighted by Gasteiger charge is -2.45. The number of methoxy groups -OCH3 is 1. The first kappa shape index (κ1) is 10.8. The van der Waals surface area contributed by atoms with E-state index in [0.29, 0.717) is 6.04 Å². The van der Waals surface area contributed by atoms with Crippen LogP contribution in [0, 0.1) is 5.92 Å². The molecule has 3 fully saturated rings. The molecule has 4 rings (SSSR count). The first-order valence-corrected chi connectivity index (χ1v) is 6.34. The molecule has 3 saturated heterocycles. The van der Waals surface area contributed by atoms with Crippen LogP contribution in [-0.4, -0.2) is 42.7 Å². The first-order chi connectivity index (χ1) is 8.35. The fraction of sp³-hybridized carbons (Fsp3) is 0.615. The van der Waals surface area contributed by atoms with Crippen molar-refractivity contribution in [1.82, 2.24) is 9.88 Å². The van der Waals surface area contributed by atoms with Gasteiger partial charge >= 0.3 is 0 Å². The van der Waals surface area contributed by atoms with Crippen LogP contribution in [0.2, 0.25) is 0 Å². The van der Waals surface area contributed by atoms with E-state index >= 15 is 0 Å². The summed E-state index contributed by atoms with van der Waals surface area (Å²) in [4.78, 5) is 6.92. The molecule has 3 aliphatic heterocycles. The number of anilines is 1. The maximum atomic E-state index is 5.11. The van der Waals surface area contributed by atoms with Gasteiger partial charge < -0.3 is 15.0 Å². The second-order valence-electron chi connectivity index (χ2n) is 4.97. The van der Waals surface area contributed by atoms with Crippen LogP contribution in [0.15, 0.2) is 18.3 Å². The lowest BCUT2D eigenvalue weighted by Crippen LogP contribution is -2.53. The minimum Gasteiger partial charge on any atom is -0.495 e. The van der Waals surface area contributed by atoms with Crippen molar-refractivity contribution in [2.75, 3.05) is 32.1 Å². The quantitative estimate of drug-likeness (QED) is 0.860. The van der Waals surface area contributed by atoms with E-state index in [4.69, 9.17) is 4.74 Å². The average Bonchev–Trinajstić information content (AvgIpc) is 2.41. The number of hydrogen-bond donors (Lipinski definition) is 1. The van der Waals surface area contributed by atoms with E-state index in [1.165, 1.54) is 32.5 Å². The van der Waals surface area contributed by atoms with Crippen LogP contribution in [0.4, 0.5) is 5.82 Å². The highest BCUT2D eigenvalue weighted by Gasteiger charge is 2.33. The van der Waals surface area contributed by atoms with E-state index in [1.807, 2.05) is 12.1 Å². The van der Waals surface area contributed by atoms with Crippen LogP contribution in [0.1, 0.15) is 12.8 Å². The van der Waals surface area contributed by atoms with Crippen molar-refractivity contribution in [2.45, 2.75) is 18.9 Å². The predicted molar refractivity (Wildman–Crippen MR) is 67.4 cm³/mol. The molecule has 0 spiro atoms. The van der Waals surface area contributed by atoms with Gasteiger partial charge in [-0.05, 0) is 44.0 Å². The topological polar surface area (TPSA) is 37.4 Å². The van der Waals surface area contributed by atoms with Crippen LogP contribution in [0.25, 0.3) is 0 Å². The number of rotatable bonds is 3. The molecular weight excluding hydrogens is 214 g/mol. The maximum Gasteiger partial charge on any atom is 0.137 e. The molecule has 2 bridgehead atoms. The Bertz CT molecular complexity index is 371. The van der Waals surface area contributed by atoms with Crippen molar-refractivity contribution in [3.8, 4) is 5.75 Å². The molecule has 0 saturated carbocycles. The summed E-state index contributed by atoms with van der Waals surface area (Å²) in [6.07, 6.45) is 4.42. The van der Waals surface area contributed by atoms with E-state index in [1.54, 1.807) is 13.3 Å². The lowest BCUT2D eigenvalue weighted by atomic mass is 9.84. The summed E-state index contributed by atoms with van der Waals surface area (Å²) >= 11 is 0. The number of fused-ring (bicyclic) bond motifs is 3. The minimum atomic E-state index is 0.568. The third-order valence-electron chi connectivity index (χ3n) is 3.96. The van der Waals surface area contributed by atoms with E-state index in [2.05, 4.69) is 15.2 Å². The van der Waals surface area contributed by atoms with Crippen molar-refractivity contribution in [1.29, 1.82) is 0 Å². The molecular formula is C13H19N3O. The van der Waals surface area contributed by atoms with Gasteiger partial charge in [0.25, 0.3) is 0 Å². The number of pyridine rings is 1. The fourth-order valence-corrected chi connectivity index (χ4v) is 2.90. The highest BCUT2D eigenvalue weighted by Crippen LogP contribution is 2.29. The standard InChI is InChI=1S/C13H19N3O/c1-17-11-2-3-13(14-8-11)15-12-9-16-6-4-10(12)5-7-16/h2-3,8,10,12H,4-7,9H2,1H3,(H,14,15). The third kappa shape index (κ3) is 2.22. The van der Waals surface area contributed by atoms with Gasteiger partial charge in [-0.2, -0.15) is 0 Å². The molecule has 92 valence electrons. The Morgan fingerprint density at radius 2 is 2.18 bits per heavy atom. The molecule has 1 aromatic heterocycles. The summed E-state index contributed by atoms with van der Waals surface area (Å²) in [7, 11) is 1.66. The molecule has 4 heterocycles. The van der Waals surface area contributed by atoms with Crippen molar-refractivity contribution in [2.24, 2.45) is 5.92 Å². The van der Waals surface area contributed by atoms with E-state index < -0.39 is 0 Å². The van der Waals surface area contributed by atoms with Gasteiger partial charge in [-0.3, -0.25) is 0 Å². The Hall–Kier alpha value is -1.29. The molecule has 1 aromatic rings. The molecule has 1 unspecified atom stereocenters. The van der Waals surface area contributed by atoms with Gasteiger partial charge in [0, 0.05) is 12.6 Å². The highest BCUT2D eigenvalue weighted by molar-refractivity contribution is 5.39. The van der Waals surface area contributed by atoms with Crippen LogP contribution in [-0.2, 0) is 0 Å². The van der Waals surface area contributed by atoms with E-state index in [9.17, 15) is 0 Å². The number of hydrogen-bond acceptors (Lipinski definition) is 4. The zero-order chi connectivity index (χ0) is 11.7. The molecule has 0 radical (unpaired) electrons. The molecule has 0 amide bonds. The molecule has 17 heavy (non-hydrogen) atoms. The molecule has 4 nitrogen and oxygen atoms in total. The molecule has 4 heteroatoms. The van der Waals surface area contributed by atoms with Crippen LogP contribution in [0.3, 0.4) is 0 Å². The lowest BCUT2D eigenvalue weighted by molar-refractivity contribution is 0.0974. The van der Waals surface area contributed by atoms with Crippen molar-refractivity contribution in [3.63, 3.8) is 0 Å². The Balaban J connectivity index is 1.66. The summed E-state index contributed by atoms with van der Waals surface area (Å²) in [5.41, 5.74) is 0. The second-order valence-corrected chi connectivity index (χ2v) is 4.97. The molecule has 3 aliphatic rings. The smallest absolute Gasteiger partial charge is 0.137 e. The highest BCUT2D eigenvalue weighted by atomic mass is 16.5. The fourth-order valence-electron chi connectivity index (χ4n) is 2.90. The zero-order valence-electron chi connectivity index (χ0n) is 10.2. The van der Waals surface area contributed by atoms with Crippen molar-refractivity contribution < 1.29 is 4.74 Å². The van der Waals surface area contributed by atoms with Gasteiger partial charge in [-0.25, -0.2) is 4.98 Å². The van der Waals surface area contributed by atoms with Gasteiger partial charge in [0.05, 0.1) is 13.3 Å². The van der Waals surface area contributed by atoms with Gasteiger partial charge in [0.15, 0.2) is 0 Å². The molecule has 0 aromatic carbocycles. The summed E-state index contributed by atoms with van der Waals surface area (Å²) in [5.74, 6) is 2.60. The van der Waals surface area contributed by atoms with Crippen LogP contribution in [0.5, 0.6) is 5.75 Å². The largest absolute Gasteiger partial charge is 0.495 e. The number of aromatic nitrogens is 1. The van der Waals surface area contributed by atoms with Crippen molar-refractivity contribution in [3.05, 3.63) is 18.3 Å². The second kappa shape index (κ2) is 4.53. The predicted octanol–water partition coefficient (Wildman–Crippen LogP) is 1.60. The molecule has 1 atom stereocenters. The average molecular weight is 233 g/mol. The monoisotopic (exact) mass is 233 g/mol. The van der Waals surface area contributed by atoms with Crippen molar-refractivity contribution >= 4 is 5.82 Å². The van der Waals surface area contributed by atoms with Gasteiger partial charge in [0.1, 0.15) is 11.6 Å². The summed E-state index contributed by atoms with van der Waals surface area (Å²) in [6.45, 7) is 3.72. The zero-order valence-corrected chi connectivity index (χ0v) is 10.2. The Morgan fingerprint density at radius 1 is 1.35 bits per heavy atom. The summed E-state index contributed by atoms with van der Waals surface area (Å²) in [5, 5.41) is 3.56. The normalized spacial score (nSPS) is 31.2. The van der Waals surface area contributed by atoms with Gasteiger partial charge in [-0.1, -0.05) is 0 Å². The Kier molecular flexibility index (Phi) is 2.89. The molecule has 0 aliphatic carbocycles. The van der Waals surface area contributed by atoms with E-state index in [-0.39, 0.29) is 0 Å².